The standard InChI is InChI=1S/C16H19NO4.BrH/c1-17(14-4-2-3-9-21-14)12-7-5-11-10(15(12)19)6-8-13(18)16(11)20;/h3,6,8-9,12,14,18,20H,2,4-5,7H2,1H3;1H. The molecule has 1 heterocycles. The summed E-state index contributed by atoms with van der Waals surface area (Å²) in [6.45, 7) is 0. The SMILES string of the molecule is Br.CN(C1CCC=CO1)C1CCc2c(ccc(O)c2O)C1=O. The Morgan fingerprint density at radius 1 is 1.27 bits per heavy atom. The van der Waals surface area contributed by atoms with E-state index in [1.807, 2.05) is 18.0 Å². The zero-order valence-electron chi connectivity index (χ0n) is 12.4. The summed E-state index contributed by atoms with van der Waals surface area (Å²) >= 11 is 0. The maximum Gasteiger partial charge on any atom is 0.180 e. The van der Waals surface area contributed by atoms with E-state index in [9.17, 15) is 15.0 Å². The lowest BCUT2D eigenvalue weighted by molar-refractivity contribution is -0.0264. The van der Waals surface area contributed by atoms with Crippen molar-refractivity contribution >= 4 is 22.8 Å². The first-order valence-corrected chi connectivity index (χ1v) is 7.20. The number of likely N-dealkylation sites (N-methyl/N-ethyl adjacent to an activating group) is 1. The zero-order valence-corrected chi connectivity index (χ0v) is 14.1. The van der Waals surface area contributed by atoms with E-state index in [2.05, 4.69) is 0 Å². The Bertz CT molecular complexity index is 602. The van der Waals surface area contributed by atoms with Gasteiger partial charge in [-0.25, -0.2) is 0 Å². The predicted octanol–water partition coefficient (Wildman–Crippen LogP) is 2.76. The molecule has 0 bridgehead atoms. The molecular weight excluding hydrogens is 350 g/mol. The third-order valence-electron chi connectivity index (χ3n) is 4.36. The van der Waals surface area contributed by atoms with Crippen LogP contribution in [0.4, 0.5) is 0 Å². The van der Waals surface area contributed by atoms with Gasteiger partial charge in [0.25, 0.3) is 0 Å². The minimum atomic E-state index is -0.252. The lowest BCUT2D eigenvalue weighted by Crippen LogP contribution is -2.47. The number of hydrogen-bond acceptors (Lipinski definition) is 5. The van der Waals surface area contributed by atoms with Gasteiger partial charge in [0, 0.05) is 17.5 Å². The van der Waals surface area contributed by atoms with Gasteiger partial charge >= 0.3 is 0 Å². The van der Waals surface area contributed by atoms with Gasteiger partial charge in [-0.05, 0) is 44.5 Å². The van der Waals surface area contributed by atoms with E-state index in [1.54, 1.807) is 12.3 Å². The Labute approximate surface area is 140 Å². The van der Waals surface area contributed by atoms with Crippen molar-refractivity contribution in [2.45, 2.75) is 38.0 Å². The van der Waals surface area contributed by atoms with Crippen LogP contribution in [0.3, 0.4) is 0 Å². The first-order valence-electron chi connectivity index (χ1n) is 7.20. The molecule has 22 heavy (non-hydrogen) atoms. The van der Waals surface area contributed by atoms with Gasteiger partial charge in [0.2, 0.25) is 0 Å². The molecule has 2 unspecified atom stereocenters. The van der Waals surface area contributed by atoms with Crippen molar-refractivity contribution < 1.29 is 19.7 Å². The number of hydrogen-bond donors (Lipinski definition) is 2. The second kappa shape index (κ2) is 6.71. The lowest BCUT2D eigenvalue weighted by atomic mass is 9.85. The summed E-state index contributed by atoms with van der Waals surface area (Å²) in [6, 6.07) is 2.71. The number of ketones is 1. The molecule has 0 fully saturated rings. The number of Topliss-reactive ketones (excluding diaryl/α,β-unsaturated/α-hetero) is 1. The van der Waals surface area contributed by atoms with Gasteiger partial charge < -0.3 is 14.9 Å². The largest absolute Gasteiger partial charge is 0.504 e. The van der Waals surface area contributed by atoms with Gasteiger partial charge in [-0.15, -0.1) is 17.0 Å². The van der Waals surface area contributed by atoms with Crippen LogP contribution in [0.5, 0.6) is 11.5 Å². The molecule has 0 saturated carbocycles. The third-order valence-corrected chi connectivity index (χ3v) is 4.36. The first-order chi connectivity index (χ1) is 10.1. The molecule has 2 atom stereocenters. The zero-order chi connectivity index (χ0) is 15.0. The number of fused-ring (bicyclic) bond motifs is 1. The van der Waals surface area contributed by atoms with E-state index in [0.717, 1.165) is 12.8 Å². The van der Waals surface area contributed by atoms with Crippen LogP contribution in [0.25, 0.3) is 0 Å². The number of rotatable bonds is 2. The molecule has 0 saturated heterocycles. The minimum absolute atomic E-state index is 0. The maximum absolute atomic E-state index is 12.7. The highest BCUT2D eigenvalue weighted by Gasteiger charge is 2.35. The van der Waals surface area contributed by atoms with E-state index in [1.165, 1.54) is 6.07 Å². The molecule has 1 aromatic carbocycles. The van der Waals surface area contributed by atoms with Crippen molar-refractivity contribution in [2.24, 2.45) is 0 Å². The lowest BCUT2D eigenvalue weighted by Gasteiger charge is -2.37. The average molecular weight is 370 g/mol. The number of halogens is 1. The Morgan fingerprint density at radius 3 is 2.73 bits per heavy atom. The number of carbonyl (C=O) groups excluding carboxylic acids is 1. The van der Waals surface area contributed by atoms with Crippen molar-refractivity contribution in [3.05, 3.63) is 35.6 Å². The third kappa shape index (κ3) is 2.85. The van der Waals surface area contributed by atoms with Crippen molar-refractivity contribution in [3.8, 4) is 11.5 Å². The normalized spacial score (nSPS) is 23.6. The molecule has 2 aliphatic rings. The average Bonchev–Trinajstić information content (AvgIpc) is 2.52. The van der Waals surface area contributed by atoms with Gasteiger partial charge in [-0.2, -0.15) is 0 Å². The smallest absolute Gasteiger partial charge is 0.180 e. The number of benzene rings is 1. The van der Waals surface area contributed by atoms with Gasteiger partial charge in [-0.1, -0.05) is 0 Å². The van der Waals surface area contributed by atoms with Gasteiger partial charge in [0.15, 0.2) is 23.5 Å². The fourth-order valence-electron chi connectivity index (χ4n) is 3.11. The van der Waals surface area contributed by atoms with Crippen molar-refractivity contribution in [1.82, 2.24) is 4.90 Å². The Balaban J connectivity index is 0.00000176. The molecule has 5 nitrogen and oxygen atoms in total. The van der Waals surface area contributed by atoms with Crippen LogP contribution in [-0.2, 0) is 11.2 Å². The van der Waals surface area contributed by atoms with Crippen LogP contribution in [0, 0.1) is 0 Å². The highest BCUT2D eigenvalue weighted by Crippen LogP contribution is 2.37. The fourth-order valence-corrected chi connectivity index (χ4v) is 3.11. The van der Waals surface area contributed by atoms with Crippen LogP contribution < -0.4 is 0 Å². The number of carbonyl (C=O) groups is 1. The molecule has 0 amide bonds. The van der Waals surface area contributed by atoms with Gasteiger partial charge in [0.05, 0.1) is 12.3 Å². The van der Waals surface area contributed by atoms with Crippen molar-refractivity contribution in [3.63, 3.8) is 0 Å². The summed E-state index contributed by atoms with van der Waals surface area (Å²) in [4.78, 5) is 14.6. The molecule has 120 valence electrons. The highest BCUT2D eigenvalue weighted by molar-refractivity contribution is 8.93. The number of phenolic OH excluding ortho intramolecular Hbond substituents is 2. The molecule has 2 N–H and O–H groups in total. The van der Waals surface area contributed by atoms with Gasteiger partial charge in [-0.3, -0.25) is 9.69 Å². The molecule has 0 radical (unpaired) electrons. The molecule has 0 spiro atoms. The Morgan fingerprint density at radius 2 is 2.05 bits per heavy atom. The fraction of sp³-hybridized carbons (Fsp3) is 0.438. The van der Waals surface area contributed by atoms with E-state index < -0.39 is 0 Å². The highest BCUT2D eigenvalue weighted by atomic mass is 79.9. The number of phenols is 2. The second-order valence-electron chi connectivity index (χ2n) is 5.58. The molecule has 3 rings (SSSR count). The van der Waals surface area contributed by atoms with Crippen LogP contribution in [0.15, 0.2) is 24.5 Å². The van der Waals surface area contributed by atoms with E-state index >= 15 is 0 Å². The number of ether oxygens (including phenoxy) is 1. The first kappa shape index (κ1) is 16.8. The number of allylic oxidation sites excluding steroid dienone is 1. The summed E-state index contributed by atoms with van der Waals surface area (Å²) in [5, 5.41) is 19.4. The van der Waals surface area contributed by atoms with Gasteiger partial charge in [0.1, 0.15) is 0 Å². The molecule has 1 aliphatic heterocycles. The molecule has 0 aromatic heterocycles. The molecule has 1 aliphatic carbocycles. The van der Waals surface area contributed by atoms with Crippen LogP contribution in [-0.4, -0.2) is 40.2 Å². The van der Waals surface area contributed by atoms with E-state index in [4.69, 9.17) is 4.74 Å². The van der Waals surface area contributed by atoms with E-state index in [-0.39, 0.29) is 46.5 Å². The topological polar surface area (TPSA) is 70.0 Å². The second-order valence-corrected chi connectivity index (χ2v) is 5.58. The monoisotopic (exact) mass is 369 g/mol. The molecule has 1 aromatic rings. The Kier molecular flexibility index (Phi) is 5.13. The number of nitrogens with zero attached hydrogens (tertiary/aromatic N) is 1. The number of aromatic hydroxyl groups is 2. The van der Waals surface area contributed by atoms with Crippen LogP contribution in [0.2, 0.25) is 0 Å². The summed E-state index contributed by atoms with van der Waals surface area (Å²) < 4.78 is 5.58. The quantitative estimate of drug-likeness (QED) is 0.784. The maximum atomic E-state index is 12.7. The minimum Gasteiger partial charge on any atom is -0.504 e. The van der Waals surface area contributed by atoms with Crippen molar-refractivity contribution in [1.29, 1.82) is 0 Å². The summed E-state index contributed by atoms with van der Waals surface area (Å²) in [7, 11) is 1.90. The van der Waals surface area contributed by atoms with Crippen molar-refractivity contribution in [2.75, 3.05) is 7.05 Å². The molecule has 6 heteroatoms. The Hall–Kier alpha value is -1.53. The predicted molar refractivity (Wildman–Crippen MR) is 87.5 cm³/mol. The van der Waals surface area contributed by atoms with E-state index in [0.29, 0.717) is 24.0 Å². The molecular formula is C16H20BrNO4. The summed E-state index contributed by atoms with van der Waals surface area (Å²) in [5.41, 5.74) is 1.05. The summed E-state index contributed by atoms with van der Waals surface area (Å²) in [6.07, 6.45) is 6.57. The van der Waals surface area contributed by atoms with Crippen LogP contribution in [0.1, 0.15) is 35.2 Å². The van der Waals surface area contributed by atoms with Crippen LogP contribution >= 0.6 is 17.0 Å². The summed E-state index contributed by atoms with van der Waals surface area (Å²) in [5.74, 6) is -0.361.